The lowest BCUT2D eigenvalue weighted by Gasteiger charge is -2.21. The van der Waals surface area contributed by atoms with Crippen molar-refractivity contribution in [2.45, 2.75) is 45.6 Å². The molecule has 0 amide bonds. The molecule has 1 aromatic rings. The van der Waals surface area contributed by atoms with E-state index in [1.165, 1.54) is 37.7 Å². The van der Waals surface area contributed by atoms with Gasteiger partial charge in [0.25, 0.3) is 0 Å². The molecule has 3 nitrogen and oxygen atoms in total. The van der Waals surface area contributed by atoms with Crippen LogP contribution in [0.1, 0.15) is 54.9 Å². The first kappa shape index (κ1) is 16.5. The molecular formula is C17H24BrNO2. The van der Waals surface area contributed by atoms with Gasteiger partial charge < -0.3 is 5.11 Å². The van der Waals surface area contributed by atoms with Crippen LogP contribution in [0.2, 0.25) is 0 Å². The lowest BCUT2D eigenvalue weighted by Crippen LogP contribution is -2.24. The SMILES string of the molecule is CCCC1CCCN(Cc2ccc(C(=O)O)cc2Br)CC1. The van der Waals surface area contributed by atoms with E-state index in [4.69, 9.17) is 5.11 Å². The van der Waals surface area contributed by atoms with Crippen LogP contribution in [0.15, 0.2) is 22.7 Å². The van der Waals surface area contributed by atoms with Gasteiger partial charge in [0, 0.05) is 11.0 Å². The molecule has 1 aliphatic heterocycles. The molecule has 0 aliphatic carbocycles. The van der Waals surface area contributed by atoms with Gasteiger partial charge in [0.15, 0.2) is 0 Å². The lowest BCUT2D eigenvalue weighted by atomic mass is 9.96. The summed E-state index contributed by atoms with van der Waals surface area (Å²) in [7, 11) is 0. The predicted molar refractivity (Wildman–Crippen MR) is 88.6 cm³/mol. The average Bonchev–Trinajstić information content (AvgIpc) is 2.67. The zero-order chi connectivity index (χ0) is 15.2. The fourth-order valence-electron chi connectivity index (χ4n) is 3.13. The van der Waals surface area contributed by atoms with Crippen molar-refractivity contribution in [3.05, 3.63) is 33.8 Å². The molecule has 21 heavy (non-hydrogen) atoms. The van der Waals surface area contributed by atoms with E-state index < -0.39 is 5.97 Å². The summed E-state index contributed by atoms with van der Waals surface area (Å²) in [4.78, 5) is 13.5. The van der Waals surface area contributed by atoms with Crippen LogP contribution in [0.4, 0.5) is 0 Å². The monoisotopic (exact) mass is 353 g/mol. The Balaban J connectivity index is 1.97. The summed E-state index contributed by atoms with van der Waals surface area (Å²) in [6.07, 6.45) is 6.55. The molecule has 4 heteroatoms. The third-order valence-electron chi connectivity index (χ3n) is 4.33. The molecule has 0 radical (unpaired) electrons. The molecule has 1 fully saturated rings. The number of likely N-dealkylation sites (tertiary alicyclic amines) is 1. The van der Waals surface area contributed by atoms with Crippen molar-refractivity contribution in [1.29, 1.82) is 0 Å². The summed E-state index contributed by atoms with van der Waals surface area (Å²) in [5.41, 5.74) is 1.51. The van der Waals surface area contributed by atoms with Crippen molar-refractivity contribution < 1.29 is 9.90 Å². The number of benzene rings is 1. The van der Waals surface area contributed by atoms with Crippen LogP contribution in [-0.4, -0.2) is 29.1 Å². The second-order valence-corrected chi connectivity index (χ2v) is 6.83. The van der Waals surface area contributed by atoms with E-state index in [1.807, 2.05) is 6.07 Å². The van der Waals surface area contributed by atoms with Gasteiger partial charge in [-0.25, -0.2) is 4.79 Å². The maximum atomic E-state index is 11.0. The normalized spacial score (nSPS) is 20.2. The first-order valence-electron chi connectivity index (χ1n) is 7.84. The second-order valence-electron chi connectivity index (χ2n) is 5.97. The number of carbonyl (C=O) groups is 1. The van der Waals surface area contributed by atoms with E-state index in [9.17, 15) is 4.79 Å². The number of aromatic carboxylic acids is 1. The van der Waals surface area contributed by atoms with Crippen molar-refractivity contribution in [1.82, 2.24) is 4.90 Å². The van der Waals surface area contributed by atoms with E-state index in [-0.39, 0.29) is 0 Å². The molecule has 0 aromatic heterocycles. The summed E-state index contributed by atoms with van der Waals surface area (Å²) in [6, 6.07) is 5.33. The Kier molecular flexibility index (Phi) is 6.24. The first-order valence-corrected chi connectivity index (χ1v) is 8.63. The Hall–Kier alpha value is -0.870. The van der Waals surface area contributed by atoms with Crippen LogP contribution in [-0.2, 0) is 6.54 Å². The van der Waals surface area contributed by atoms with Gasteiger partial charge in [-0.15, -0.1) is 0 Å². The number of carboxylic acid groups (broad SMARTS) is 1. The van der Waals surface area contributed by atoms with Crippen molar-refractivity contribution in [3.63, 3.8) is 0 Å². The largest absolute Gasteiger partial charge is 0.478 e. The molecule has 1 N–H and O–H groups in total. The van der Waals surface area contributed by atoms with Crippen molar-refractivity contribution >= 4 is 21.9 Å². The van der Waals surface area contributed by atoms with Crippen LogP contribution >= 0.6 is 15.9 Å². The molecule has 0 bridgehead atoms. The molecule has 1 heterocycles. The zero-order valence-electron chi connectivity index (χ0n) is 12.6. The van der Waals surface area contributed by atoms with Crippen LogP contribution in [0.25, 0.3) is 0 Å². The van der Waals surface area contributed by atoms with Gasteiger partial charge in [-0.3, -0.25) is 4.90 Å². The number of halogens is 1. The molecule has 1 atom stereocenters. The van der Waals surface area contributed by atoms with E-state index in [2.05, 4.69) is 27.8 Å². The van der Waals surface area contributed by atoms with E-state index in [1.54, 1.807) is 12.1 Å². The Morgan fingerprint density at radius 1 is 1.38 bits per heavy atom. The third-order valence-corrected chi connectivity index (χ3v) is 5.07. The molecule has 116 valence electrons. The fourth-order valence-corrected chi connectivity index (χ4v) is 3.63. The van der Waals surface area contributed by atoms with Crippen LogP contribution in [0.5, 0.6) is 0 Å². The van der Waals surface area contributed by atoms with Crippen molar-refractivity contribution in [2.75, 3.05) is 13.1 Å². The van der Waals surface area contributed by atoms with E-state index >= 15 is 0 Å². The average molecular weight is 354 g/mol. The summed E-state index contributed by atoms with van der Waals surface area (Å²) in [6.45, 7) is 5.47. The molecule has 1 aliphatic rings. The predicted octanol–water partition coefficient (Wildman–Crippen LogP) is 4.55. The first-order chi connectivity index (χ1) is 10.1. The second kappa shape index (κ2) is 7.95. The maximum Gasteiger partial charge on any atom is 0.335 e. The van der Waals surface area contributed by atoms with E-state index in [0.29, 0.717) is 5.56 Å². The summed E-state index contributed by atoms with van der Waals surface area (Å²) >= 11 is 3.51. The highest BCUT2D eigenvalue weighted by atomic mass is 79.9. The van der Waals surface area contributed by atoms with Gasteiger partial charge in [-0.2, -0.15) is 0 Å². The van der Waals surface area contributed by atoms with Crippen LogP contribution in [0.3, 0.4) is 0 Å². The molecule has 1 unspecified atom stereocenters. The quantitative estimate of drug-likeness (QED) is 0.843. The number of hydrogen-bond donors (Lipinski definition) is 1. The Bertz CT molecular complexity index is 490. The number of rotatable bonds is 5. The molecule has 2 rings (SSSR count). The number of nitrogens with zero attached hydrogens (tertiary/aromatic N) is 1. The molecule has 1 aromatic carbocycles. The van der Waals surface area contributed by atoms with Crippen LogP contribution in [0, 0.1) is 5.92 Å². The molecule has 0 spiro atoms. The Labute approximate surface area is 135 Å². The standard InChI is InChI=1S/C17H24BrNO2/c1-2-4-13-5-3-9-19(10-8-13)12-15-7-6-14(17(20)21)11-16(15)18/h6-7,11,13H,2-5,8-10,12H2,1H3,(H,20,21). The van der Waals surface area contributed by atoms with Gasteiger partial charge in [-0.1, -0.05) is 41.8 Å². The smallest absolute Gasteiger partial charge is 0.335 e. The summed E-state index contributed by atoms with van der Waals surface area (Å²) < 4.78 is 0.900. The number of hydrogen-bond acceptors (Lipinski definition) is 2. The van der Waals surface area contributed by atoms with Gasteiger partial charge in [0.1, 0.15) is 0 Å². The van der Waals surface area contributed by atoms with Crippen molar-refractivity contribution in [2.24, 2.45) is 5.92 Å². The Morgan fingerprint density at radius 2 is 2.19 bits per heavy atom. The zero-order valence-corrected chi connectivity index (χ0v) is 14.2. The highest BCUT2D eigenvalue weighted by Crippen LogP contribution is 2.25. The molecule has 0 saturated carbocycles. The van der Waals surface area contributed by atoms with E-state index in [0.717, 1.165) is 30.0 Å². The van der Waals surface area contributed by atoms with Crippen LogP contribution < -0.4 is 0 Å². The van der Waals surface area contributed by atoms with Gasteiger partial charge in [0.05, 0.1) is 5.56 Å². The lowest BCUT2D eigenvalue weighted by molar-refractivity contribution is 0.0697. The number of carboxylic acids is 1. The minimum absolute atomic E-state index is 0.338. The molecular weight excluding hydrogens is 330 g/mol. The summed E-state index contributed by atoms with van der Waals surface area (Å²) in [5.74, 6) is 0.0113. The van der Waals surface area contributed by atoms with Gasteiger partial charge >= 0.3 is 5.97 Å². The molecule has 1 saturated heterocycles. The summed E-state index contributed by atoms with van der Waals surface area (Å²) in [5, 5.41) is 9.01. The topological polar surface area (TPSA) is 40.5 Å². The maximum absolute atomic E-state index is 11.0. The minimum Gasteiger partial charge on any atom is -0.478 e. The fraction of sp³-hybridized carbons (Fsp3) is 0.588. The highest BCUT2D eigenvalue weighted by molar-refractivity contribution is 9.10. The minimum atomic E-state index is -0.876. The van der Waals surface area contributed by atoms with Gasteiger partial charge in [-0.05, 0) is 56.0 Å². The Morgan fingerprint density at radius 3 is 2.86 bits per heavy atom. The van der Waals surface area contributed by atoms with Crippen molar-refractivity contribution in [3.8, 4) is 0 Å². The van der Waals surface area contributed by atoms with Gasteiger partial charge in [0.2, 0.25) is 0 Å². The third kappa shape index (κ3) is 4.82. The highest BCUT2D eigenvalue weighted by Gasteiger charge is 2.17.